The molecule has 1 aliphatic carbocycles. The fraction of sp³-hybridized carbons (Fsp3) is 0.533. The van der Waals surface area contributed by atoms with Crippen molar-refractivity contribution in [2.45, 2.75) is 31.5 Å². The minimum atomic E-state index is -0.482. The fourth-order valence-corrected chi connectivity index (χ4v) is 2.76. The Labute approximate surface area is 128 Å². The third kappa shape index (κ3) is 3.36. The van der Waals surface area contributed by atoms with Crippen LogP contribution in [0.1, 0.15) is 18.4 Å². The van der Waals surface area contributed by atoms with E-state index in [1.807, 2.05) is 0 Å². The highest BCUT2D eigenvalue weighted by molar-refractivity contribution is 6.31. The number of nitrogens with zero attached hydrogens (tertiary/aromatic N) is 1. The molecule has 1 saturated carbocycles. The number of nitrogens with one attached hydrogen (secondary N) is 1. The number of benzene rings is 1. The van der Waals surface area contributed by atoms with E-state index in [1.165, 1.54) is 6.07 Å². The molecule has 4 nitrogen and oxygen atoms in total. The summed E-state index contributed by atoms with van der Waals surface area (Å²) in [6, 6.07) is 4.76. The summed E-state index contributed by atoms with van der Waals surface area (Å²) in [7, 11) is 0. The molecule has 0 spiro atoms. The van der Waals surface area contributed by atoms with Crippen molar-refractivity contribution < 1.29 is 13.9 Å². The molecule has 1 unspecified atom stereocenters. The van der Waals surface area contributed by atoms with Gasteiger partial charge >= 0.3 is 0 Å². The zero-order valence-electron chi connectivity index (χ0n) is 11.6. The van der Waals surface area contributed by atoms with Crippen molar-refractivity contribution in [3.05, 3.63) is 34.6 Å². The summed E-state index contributed by atoms with van der Waals surface area (Å²) in [5, 5.41) is 3.50. The minimum Gasteiger partial charge on any atom is -0.366 e. The van der Waals surface area contributed by atoms with Crippen molar-refractivity contribution in [3.63, 3.8) is 0 Å². The van der Waals surface area contributed by atoms with Crippen molar-refractivity contribution in [1.82, 2.24) is 10.2 Å². The number of halogens is 2. The number of amides is 1. The summed E-state index contributed by atoms with van der Waals surface area (Å²) in [6.07, 6.45) is 1.43. The summed E-state index contributed by atoms with van der Waals surface area (Å²) in [5.41, 5.74) is 0.378. The van der Waals surface area contributed by atoms with Crippen molar-refractivity contribution in [2.24, 2.45) is 0 Å². The maximum Gasteiger partial charge on any atom is 0.253 e. The molecule has 1 saturated heterocycles. The molecule has 1 aromatic carbocycles. The molecule has 0 bridgehead atoms. The SMILES string of the molecule is O=C(C1CNCCO1)N(Cc1c(F)cccc1Cl)C1CC1. The standard InChI is InChI=1S/C15H18ClFN2O2/c16-12-2-1-3-13(17)11(12)9-19(10-4-5-10)15(20)14-8-18-6-7-21-14/h1-3,10,14,18H,4-9H2. The molecule has 21 heavy (non-hydrogen) atoms. The fourth-order valence-electron chi connectivity index (χ4n) is 2.54. The third-order valence-electron chi connectivity index (χ3n) is 3.86. The lowest BCUT2D eigenvalue weighted by molar-refractivity contribution is -0.146. The maximum atomic E-state index is 13.9. The summed E-state index contributed by atoms with van der Waals surface area (Å²) in [4.78, 5) is 14.3. The second-order valence-electron chi connectivity index (χ2n) is 5.46. The first-order valence-corrected chi connectivity index (χ1v) is 7.60. The van der Waals surface area contributed by atoms with Crippen molar-refractivity contribution in [3.8, 4) is 0 Å². The number of hydrogen-bond donors (Lipinski definition) is 1. The first-order valence-electron chi connectivity index (χ1n) is 7.22. The van der Waals surface area contributed by atoms with Crippen LogP contribution in [0.5, 0.6) is 0 Å². The topological polar surface area (TPSA) is 41.6 Å². The minimum absolute atomic E-state index is 0.0796. The lowest BCUT2D eigenvalue weighted by atomic mass is 10.1. The number of ether oxygens (including phenoxy) is 1. The van der Waals surface area contributed by atoms with Gasteiger partial charge in [0.1, 0.15) is 11.9 Å². The van der Waals surface area contributed by atoms with E-state index in [-0.39, 0.29) is 24.3 Å². The third-order valence-corrected chi connectivity index (χ3v) is 4.22. The highest BCUT2D eigenvalue weighted by atomic mass is 35.5. The second-order valence-corrected chi connectivity index (χ2v) is 5.87. The molecular weight excluding hydrogens is 295 g/mol. The van der Waals surface area contributed by atoms with Crippen molar-refractivity contribution in [1.29, 1.82) is 0 Å². The quantitative estimate of drug-likeness (QED) is 0.924. The van der Waals surface area contributed by atoms with Crippen LogP contribution in [0.15, 0.2) is 18.2 Å². The Morgan fingerprint density at radius 3 is 2.90 bits per heavy atom. The van der Waals surface area contributed by atoms with E-state index in [0.717, 1.165) is 19.4 Å². The zero-order chi connectivity index (χ0) is 14.8. The van der Waals surface area contributed by atoms with Gasteiger partial charge < -0.3 is 15.0 Å². The molecule has 2 fully saturated rings. The monoisotopic (exact) mass is 312 g/mol. The van der Waals surface area contributed by atoms with Gasteiger partial charge in [-0.15, -0.1) is 0 Å². The average Bonchev–Trinajstić information content (AvgIpc) is 3.32. The lowest BCUT2D eigenvalue weighted by Crippen LogP contribution is -2.49. The number of morpholine rings is 1. The molecule has 1 heterocycles. The predicted molar refractivity (Wildman–Crippen MR) is 77.6 cm³/mol. The summed E-state index contributed by atoms with van der Waals surface area (Å²) >= 11 is 6.07. The molecule has 1 atom stereocenters. The molecule has 3 rings (SSSR count). The van der Waals surface area contributed by atoms with Crippen molar-refractivity contribution >= 4 is 17.5 Å². The van der Waals surface area contributed by atoms with E-state index in [2.05, 4.69) is 5.32 Å². The van der Waals surface area contributed by atoms with Gasteiger partial charge in [-0.2, -0.15) is 0 Å². The van der Waals surface area contributed by atoms with Gasteiger partial charge in [-0.25, -0.2) is 4.39 Å². The molecule has 1 aromatic rings. The van der Waals surface area contributed by atoms with E-state index in [1.54, 1.807) is 17.0 Å². The van der Waals surface area contributed by atoms with Gasteiger partial charge in [0.05, 0.1) is 13.2 Å². The van der Waals surface area contributed by atoms with E-state index in [0.29, 0.717) is 23.7 Å². The normalized spacial score (nSPS) is 22.1. The molecule has 0 radical (unpaired) electrons. The summed E-state index contributed by atoms with van der Waals surface area (Å²) in [5.74, 6) is -0.451. The van der Waals surface area contributed by atoms with Gasteiger partial charge in [0.2, 0.25) is 0 Å². The first kappa shape index (κ1) is 14.8. The van der Waals surface area contributed by atoms with Gasteiger partial charge in [-0.3, -0.25) is 4.79 Å². The van der Waals surface area contributed by atoms with Crippen LogP contribution in [0.2, 0.25) is 5.02 Å². The Morgan fingerprint density at radius 2 is 2.29 bits per heavy atom. The molecule has 2 aliphatic rings. The average molecular weight is 313 g/mol. The van der Waals surface area contributed by atoms with Crippen LogP contribution in [-0.4, -0.2) is 42.6 Å². The smallest absolute Gasteiger partial charge is 0.253 e. The van der Waals surface area contributed by atoms with Crippen LogP contribution in [0.4, 0.5) is 4.39 Å². The largest absolute Gasteiger partial charge is 0.366 e. The molecule has 114 valence electrons. The Bertz CT molecular complexity index is 510. The van der Waals surface area contributed by atoms with E-state index in [4.69, 9.17) is 16.3 Å². The maximum absolute atomic E-state index is 13.9. The molecule has 6 heteroatoms. The Morgan fingerprint density at radius 1 is 1.48 bits per heavy atom. The van der Waals surface area contributed by atoms with Crippen molar-refractivity contribution in [2.75, 3.05) is 19.7 Å². The second kappa shape index (κ2) is 6.30. The highest BCUT2D eigenvalue weighted by Gasteiger charge is 2.37. The van der Waals surface area contributed by atoms with Crippen LogP contribution in [0, 0.1) is 5.82 Å². The number of carbonyl (C=O) groups is 1. The first-order chi connectivity index (χ1) is 10.2. The Kier molecular flexibility index (Phi) is 4.42. The Hall–Kier alpha value is -1.17. The highest BCUT2D eigenvalue weighted by Crippen LogP contribution is 2.31. The van der Waals surface area contributed by atoms with Crippen LogP contribution < -0.4 is 5.32 Å². The molecule has 1 amide bonds. The number of carbonyl (C=O) groups excluding carboxylic acids is 1. The van der Waals surface area contributed by atoms with Gasteiger partial charge in [0, 0.05) is 29.7 Å². The molecular formula is C15H18ClFN2O2. The molecule has 1 aliphatic heterocycles. The van der Waals surface area contributed by atoms with Gasteiger partial charge in [-0.1, -0.05) is 17.7 Å². The molecule has 1 N–H and O–H groups in total. The van der Waals surface area contributed by atoms with Crippen LogP contribution in [0.3, 0.4) is 0 Å². The van der Waals surface area contributed by atoms with E-state index < -0.39 is 6.10 Å². The van der Waals surface area contributed by atoms with Crippen LogP contribution in [0.25, 0.3) is 0 Å². The van der Waals surface area contributed by atoms with Gasteiger partial charge in [-0.05, 0) is 25.0 Å². The van der Waals surface area contributed by atoms with E-state index in [9.17, 15) is 9.18 Å². The van der Waals surface area contributed by atoms with Gasteiger partial charge in [0.15, 0.2) is 0 Å². The number of hydrogen-bond acceptors (Lipinski definition) is 3. The van der Waals surface area contributed by atoms with Gasteiger partial charge in [0.25, 0.3) is 5.91 Å². The summed E-state index contributed by atoms with van der Waals surface area (Å²) < 4.78 is 19.5. The summed E-state index contributed by atoms with van der Waals surface area (Å²) in [6.45, 7) is 1.99. The van der Waals surface area contributed by atoms with Crippen LogP contribution >= 0.6 is 11.6 Å². The Balaban J connectivity index is 1.77. The zero-order valence-corrected chi connectivity index (χ0v) is 12.4. The van der Waals surface area contributed by atoms with Crippen LogP contribution in [-0.2, 0) is 16.1 Å². The lowest BCUT2D eigenvalue weighted by Gasteiger charge is -2.30. The molecule has 0 aromatic heterocycles. The predicted octanol–water partition coefficient (Wildman–Crippen LogP) is 1.96. The van der Waals surface area contributed by atoms with E-state index >= 15 is 0 Å². The number of rotatable bonds is 4.